The molecule has 3 N–H and O–H groups in total. The zero-order valence-electron chi connectivity index (χ0n) is 22.2. The van der Waals surface area contributed by atoms with Crippen LogP contribution in [0, 0.1) is 0 Å². The molecule has 39 heavy (non-hydrogen) atoms. The van der Waals surface area contributed by atoms with Gasteiger partial charge in [-0.05, 0) is 48.0 Å². The predicted octanol–water partition coefficient (Wildman–Crippen LogP) is 2.83. The fraction of sp³-hybridized carbons (Fsp3) is 0.500. The molecule has 0 radical (unpaired) electrons. The van der Waals surface area contributed by atoms with E-state index in [9.17, 15) is 13.2 Å². The number of urea groups is 1. The highest BCUT2D eigenvalue weighted by Gasteiger charge is 2.28. The Balaban J connectivity index is 1.40. The first-order valence-corrected chi connectivity index (χ1v) is 14.9. The van der Waals surface area contributed by atoms with Crippen LogP contribution in [0.25, 0.3) is 0 Å². The maximum atomic E-state index is 12.9. The third-order valence-corrected chi connectivity index (χ3v) is 8.12. The molecule has 2 amide bonds. The molecule has 1 heterocycles. The number of benzene rings is 2. The zero-order chi connectivity index (χ0) is 28.3. The van der Waals surface area contributed by atoms with Crippen molar-refractivity contribution in [3.63, 3.8) is 0 Å². The van der Waals surface area contributed by atoms with Crippen molar-refractivity contribution < 1.29 is 27.4 Å². The Morgan fingerprint density at radius 1 is 1.00 bits per heavy atom. The van der Waals surface area contributed by atoms with Crippen LogP contribution in [-0.4, -0.2) is 92.7 Å². The lowest BCUT2D eigenvalue weighted by molar-refractivity contribution is 0.0165. The van der Waals surface area contributed by atoms with E-state index in [2.05, 4.69) is 20.3 Å². The SMILES string of the molecule is CNC(=O)NCCOCCOCCOCCNS(=O)(=O)c1cccc([C@@H]2CN(C)Cc3c(Cl)cc(Cl)cc32)c1. The number of halogens is 2. The van der Waals surface area contributed by atoms with Crippen LogP contribution < -0.4 is 15.4 Å². The van der Waals surface area contributed by atoms with Crippen LogP contribution in [0.2, 0.25) is 10.0 Å². The monoisotopic (exact) mass is 602 g/mol. The van der Waals surface area contributed by atoms with Gasteiger partial charge in [-0.1, -0.05) is 35.3 Å². The molecule has 0 saturated heterocycles. The van der Waals surface area contributed by atoms with E-state index >= 15 is 0 Å². The number of nitrogens with zero attached hydrogens (tertiary/aromatic N) is 1. The lowest BCUT2D eigenvalue weighted by Crippen LogP contribution is -2.35. The Kier molecular flexibility index (Phi) is 12.7. The molecule has 0 unspecified atom stereocenters. The summed E-state index contributed by atoms with van der Waals surface area (Å²) in [4.78, 5) is 13.3. The van der Waals surface area contributed by atoms with Crippen LogP contribution in [-0.2, 0) is 30.8 Å². The summed E-state index contributed by atoms with van der Waals surface area (Å²) in [5.41, 5.74) is 2.91. The van der Waals surface area contributed by atoms with E-state index in [1.807, 2.05) is 19.2 Å². The quantitative estimate of drug-likeness (QED) is 0.268. The minimum Gasteiger partial charge on any atom is -0.378 e. The molecule has 0 bridgehead atoms. The van der Waals surface area contributed by atoms with Crippen molar-refractivity contribution in [2.45, 2.75) is 17.4 Å². The molecule has 1 aliphatic rings. The number of rotatable bonds is 15. The Morgan fingerprint density at radius 3 is 2.36 bits per heavy atom. The highest BCUT2D eigenvalue weighted by atomic mass is 35.5. The average molecular weight is 604 g/mol. The van der Waals surface area contributed by atoms with E-state index in [1.54, 1.807) is 31.3 Å². The predicted molar refractivity (Wildman–Crippen MR) is 151 cm³/mol. The number of nitrogens with one attached hydrogen (secondary N) is 3. The lowest BCUT2D eigenvalue weighted by Gasteiger charge is -2.33. The Hall–Kier alpha value is -1.96. The number of hydrogen-bond acceptors (Lipinski definition) is 7. The normalized spacial score (nSPS) is 15.6. The molecule has 1 atom stereocenters. The van der Waals surface area contributed by atoms with E-state index in [0.29, 0.717) is 56.2 Å². The van der Waals surface area contributed by atoms with Crippen LogP contribution in [0.1, 0.15) is 22.6 Å². The molecule has 1 aliphatic heterocycles. The molecular formula is C26H36Cl2N4O6S. The summed E-state index contributed by atoms with van der Waals surface area (Å²) in [7, 11) is -0.165. The van der Waals surface area contributed by atoms with Gasteiger partial charge in [0.1, 0.15) is 0 Å². The molecular weight excluding hydrogens is 567 g/mol. The second-order valence-corrected chi connectivity index (χ2v) is 11.6. The van der Waals surface area contributed by atoms with Crippen LogP contribution in [0.5, 0.6) is 0 Å². The maximum Gasteiger partial charge on any atom is 0.314 e. The first-order valence-electron chi connectivity index (χ1n) is 12.7. The summed E-state index contributed by atoms with van der Waals surface area (Å²) < 4.78 is 44.7. The molecule has 216 valence electrons. The van der Waals surface area contributed by atoms with Gasteiger partial charge < -0.3 is 29.7 Å². The average Bonchev–Trinajstić information content (AvgIpc) is 2.91. The first-order chi connectivity index (χ1) is 18.7. The molecule has 13 heteroatoms. The second-order valence-electron chi connectivity index (χ2n) is 9.02. The van der Waals surface area contributed by atoms with Gasteiger partial charge in [0.15, 0.2) is 0 Å². The number of hydrogen-bond donors (Lipinski definition) is 3. The number of fused-ring (bicyclic) bond motifs is 1. The number of carbonyl (C=O) groups is 1. The third kappa shape index (κ3) is 9.87. The zero-order valence-corrected chi connectivity index (χ0v) is 24.5. The topological polar surface area (TPSA) is 118 Å². The summed E-state index contributed by atoms with van der Waals surface area (Å²) in [6.07, 6.45) is 0. The van der Waals surface area contributed by atoms with Gasteiger partial charge >= 0.3 is 6.03 Å². The fourth-order valence-corrected chi connectivity index (χ4v) is 5.86. The lowest BCUT2D eigenvalue weighted by atomic mass is 9.85. The van der Waals surface area contributed by atoms with Gasteiger partial charge in [-0.15, -0.1) is 0 Å². The second kappa shape index (κ2) is 15.7. The summed E-state index contributed by atoms with van der Waals surface area (Å²) in [5.74, 6) is -0.0574. The maximum absolute atomic E-state index is 12.9. The number of likely N-dealkylation sites (N-methyl/N-ethyl adjacent to an activating group) is 1. The molecule has 0 spiro atoms. The third-order valence-electron chi connectivity index (χ3n) is 6.10. The minimum atomic E-state index is -3.72. The Bertz CT molecular complexity index is 1200. The molecule has 0 fully saturated rings. The smallest absolute Gasteiger partial charge is 0.314 e. The molecule has 0 saturated carbocycles. The summed E-state index contributed by atoms with van der Waals surface area (Å²) >= 11 is 12.8. The number of ether oxygens (including phenoxy) is 3. The van der Waals surface area contributed by atoms with Crippen molar-refractivity contribution in [2.75, 3.05) is 73.4 Å². The summed E-state index contributed by atoms with van der Waals surface area (Å²) in [5, 5.41) is 6.24. The van der Waals surface area contributed by atoms with Crippen LogP contribution >= 0.6 is 23.2 Å². The van der Waals surface area contributed by atoms with Gasteiger partial charge in [0.2, 0.25) is 10.0 Å². The van der Waals surface area contributed by atoms with E-state index < -0.39 is 10.0 Å². The molecule has 0 aliphatic carbocycles. The molecule has 3 rings (SSSR count). The molecule has 2 aromatic carbocycles. The number of sulfonamides is 1. The van der Waals surface area contributed by atoms with Crippen molar-refractivity contribution >= 4 is 39.3 Å². The number of carbonyl (C=O) groups excluding carboxylic acids is 1. The van der Waals surface area contributed by atoms with Crippen molar-refractivity contribution in [1.82, 2.24) is 20.3 Å². The van der Waals surface area contributed by atoms with Gasteiger partial charge in [0.25, 0.3) is 0 Å². The van der Waals surface area contributed by atoms with Crippen molar-refractivity contribution in [3.05, 3.63) is 63.1 Å². The Labute approximate surface area is 240 Å². The van der Waals surface area contributed by atoms with Crippen molar-refractivity contribution in [2.24, 2.45) is 0 Å². The van der Waals surface area contributed by atoms with Crippen LogP contribution in [0.15, 0.2) is 41.3 Å². The van der Waals surface area contributed by atoms with Crippen molar-refractivity contribution in [1.29, 1.82) is 0 Å². The van der Waals surface area contributed by atoms with E-state index in [1.165, 1.54) is 0 Å². The van der Waals surface area contributed by atoms with Crippen molar-refractivity contribution in [3.8, 4) is 0 Å². The molecule has 10 nitrogen and oxygen atoms in total. The summed E-state index contributed by atoms with van der Waals surface area (Å²) in [6.45, 7) is 4.06. The van der Waals surface area contributed by atoms with Gasteiger partial charge in [-0.2, -0.15) is 0 Å². The van der Waals surface area contributed by atoms with E-state index in [-0.39, 0.29) is 30.0 Å². The molecule has 2 aromatic rings. The number of amides is 2. The van der Waals surface area contributed by atoms with Gasteiger partial charge in [0, 0.05) is 49.2 Å². The Morgan fingerprint density at radius 2 is 1.67 bits per heavy atom. The summed E-state index contributed by atoms with van der Waals surface area (Å²) in [6, 6.07) is 10.4. The highest BCUT2D eigenvalue weighted by molar-refractivity contribution is 7.89. The van der Waals surface area contributed by atoms with Gasteiger partial charge in [-0.3, -0.25) is 0 Å². The molecule has 0 aromatic heterocycles. The van der Waals surface area contributed by atoms with E-state index in [0.717, 1.165) is 23.2 Å². The standard InChI is InChI=1S/C26H36Cl2N4O6S/c1-29-26(33)30-6-8-36-10-12-38-13-11-37-9-7-31-39(34,35)21-5-3-4-19(14-21)23-17-32(2)18-24-22(23)15-20(27)16-25(24)28/h3-5,14-16,23,31H,6-13,17-18H2,1-2H3,(H2,29,30,33)/t23-/m0/s1. The fourth-order valence-electron chi connectivity index (χ4n) is 4.23. The van der Waals surface area contributed by atoms with E-state index in [4.69, 9.17) is 37.4 Å². The van der Waals surface area contributed by atoms with Crippen LogP contribution in [0.4, 0.5) is 4.79 Å². The first kappa shape index (κ1) is 31.6. The minimum absolute atomic E-state index is 0.0574. The highest BCUT2D eigenvalue weighted by Crippen LogP contribution is 2.38. The largest absolute Gasteiger partial charge is 0.378 e. The van der Waals surface area contributed by atoms with Crippen LogP contribution in [0.3, 0.4) is 0 Å². The van der Waals surface area contributed by atoms with Gasteiger partial charge in [-0.25, -0.2) is 17.9 Å². The van der Waals surface area contributed by atoms with Gasteiger partial charge in [0.05, 0.1) is 44.5 Å².